The van der Waals surface area contributed by atoms with Crippen LogP contribution in [-0.2, 0) is 0 Å². The van der Waals surface area contributed by atoms with Gasteiger partial charge in [0.1, 0.15) is 5.82 Å². The van der Waals surface area contributed by atoms with E-state index < -0.39 is 0 Å². The molecular formula is C17H23N5O2. The Kier molecular flexibility index (Phi) is 4.53. The smallest absolute Gasteiger partial charge is 0.319 e. The van der Waals surface area contributed by atoms with Crippen molar-refractivity contribution in [2.24, 2.45) is 0 Å². The van der Waals surface area contributed by atoms with Crippen LogP contribution >= 0.6 is 0 Å². The van der Waals surface area contributed by atoms with Gasteiger partial charge < -0.3 is 14.8 Å². The maximum atomic E-state index is 12.2. The van der Waals surface area contributed by atoms with E-state index >= 15 is 0 Å². The van der Waals surface area contributed by atoms with Gasteiger partial charge in [-0.15, -0.1) is 0 Å². The van der Waals surface area contributed by atoms with Crippen LogP contribution in [0.25, 0.3) is 10.9 Å². The summed E-state index contributed by atoms with van der Waals surface area (Å²) in [6.07, 6.45) is 0. The average molecular weight is 329 g/mol. The van der Waals surface area contributed by atoms with Gasteiger partial charge in [0.25, 0.3) is 5.56 Å². The van der Waals surface area contributed by atoms with Crippen LogP contribution in [0.15, 0.2) is 29.1 Å². The number of benzene rings is 1. The predicted molar refractivity (Wildman–Crippen MR) is 93.0 cm³/mol. The van der Waals surface area contributed by atoms with E-state index in [1.54, 1.807) is 25.1 Å². The summed E-state index contributed by atoms with van der Waals surface area (Å²) in [4.78, 5) is 37.4. The molecule has 1 atom stereocenters. The van der Waals surface area contributed by atoms with Gasteiger partial charge in [-0.1, -0.05) is 12.1 Å². The zero-order chi connectivity index (χ0) is 17.3. The predicted octanol–water partition coefficient (Wildman–Crippen LogP) is 1.28. The number of piperazine rings is 1. The third-order valence-corrected chi connectivity index (χ3v) is 4.54. The molecule has 0 bridgehead atoms. The van der Waals surface area contributed by atoms with Crippen molar-refractivity contribution < 1.29 is 4.79 Å². The largest absolute Gasteiger partial charge is 0.331 e. The minimum Gasteiger partial charge on any atom is -0.331 e. The summed E-state index contributed by atoms with van der Waals surface area (Å²) in [5, 5.41) is 0.606. The summed E-state index contributed by atoms with van der Waals surface area (Å²) in [5.74, 6) is 0.672. The lowest BCUT2D eigenvalue weighted by Gasteiger charge is -2.38. The van der Waals surface area contributed by atoms with E-state index in [1.165, 1.54) is 0 Å². The number of aromatic nitrogens is 2. The fourth-order valence-corrected chi connectivity index (χ4v) is 3.06. The Hall–Kier alpha value is -2.41. The molecule has 1 fully saturated rings. The number of urea groups is 1. The quantitative estimate of drug-likeness (QED) is 0.901. The molecule has 1 aromatic heterocycles. The first-order chi connectivity index (χ1) is 11.5. The molecule has 7 nitrogen and oxygen atoms in total. The highest BCUT2D eigenvalue weighted by Gasteiger charge is 2.26. The monoisotopic (exact) mass is 329 g/mol. The number of fused-ring (bicyclic) bond motifs is 1. The Bertz CT molecular complexity index is 793. The molecule has 0 spiro atoms. The molecule has 24 heavy (non-hydrogen) atoms. The number of hydrogen-bond acceptors (Lipinski definition) is 4. The molecule has 1 aromatic carbocycles. The van der Waals surface area contributed by atoms with Gasteiger partial charge in [-0.05, 0) is 19.1 Å². The molecule has 0 radical (unpaired) electrons. The third kappa shape index (κ3) is 3.12. The number of para-hydroxylation sites is 1. The lowest BCUT2D eigenvalue weighted by molar-refractivity contribution is 0.0999. The van der Waals surface area contributed by atoms with Crippen molar-refractivity contribution >= 4 is 16.9 Å². The van der Waals surface area contributed by atoms with E-state index in [9.17, 15) is 9.59 Å². The standard InChI is InChI=1S/C17H23N5O2/c1-12(21-8-10-22(11-9-21)17(24)20(2)3)15-18-14-7-5-4-6-13(14)16(23)19-15/h4-7,12H,8-11H2,1-3H3,(H,18,19,23). The zero-order valence-corrected chi connectivity index (χ0v) is 14.3. The molecule has 1 unspecified atom stereocenters. The second kappa shape index (κ2) is 6.60. The molecule has 1 saturated heterocycles. The summed E-state index contributed by atoms with van der Waals surface area (Å²) in [7, 11) is 3.53. The average Bonchev–Trinajstić information content (AvgIpc) is 2.60. The highest BCUT2D eigenvalue weighted by molar-refractivity contribution is 5.77. The Labute approximate surface area is 140 Å². The Morgan fingerprint density at radius 3 is 2.54 bits per heavy atom. The number of nitrogens with one attached hydrogen (secondary N) is 1. The molecule has 1 aliphatic rings. The number of amides is 2. The van der Waals surface area contributed by atoms with Crippen LogP contribution in [0.4, 0.5) is 4.79 Å². The Balaban J connectivity index is 1.75. The van der Waals surface area contributed by atoms with Gasteiger partial charge in [0.15, 0.2) is 0 Å². The summed E-state index contributed by atoms with van der Waals surface area (Å²) in [6.45, 7) is 4.92. The van der Waals surface area contributed by atoms with E-state index in [4.69, 9.17) is 0 Å². The van der Waals surface area contributed by atoms with Crippen LogP contribution in [0.2, 0.25) is 0 Å². The third-order valence-electron chi connectivity index (χ3n) is 4.54. The fourth-order valence-electron chi connectivity index (χ4n) is 3.06. The van der Waals surface area contributed by atoms with E-state index in [1.807, 2.05) is 30.0 Å². The Morgan fingerprint density at radius 2 is 1.88 bits per heavy atom. The van der Waals surface area contributed by atoms with Crippen LogP contribution in [0.5, 0.6) is 0 Å². The van der Waals surface area contributed by atoms with E-state index in [2.05, 4.69) is 14.9 Å². The maximum Gasteiger partial charge on any atom is 0.319 e. The van der Waals surface area contributed by atoms with Gasteiger partial charge in [0.2, 0.25) is 0 Å². The first kappa shape index (κ1) is 16.4. The molecule has 3 rings (SSSR count). The SMILES string of the molecule is CC(c1nc2ccccc2c(=O)[nH]1)N1CCN(C(=O)N(C)C)CC1. The van der Waals surface area contributed by atoms with Crippen molar-refractivity contribution in [3.05, 3.63) is 40.4 Å². The molecule has 2 aromatic rings. The van der Waals surface area contributed by atoms with Gasteiger partial charge in [-0.2, -0.15) is 0 Å². The number of H-pyrrole nitrogens is 1. The van der Waals surface area contributed by atoms with Crippen molar-refractivity contribution in [3.63, 3.8) is 0 Å². The van der Waals surface area contributed by atoms with Crippen LogP contribution < -0.4 is 5.56 Å². The summed E-state index contributed by atoms with van der Waals surface area (Å²) in [5.41, 5.74) is 0.605. The first-order valence-corrected chi connectivity index (χ1v) is 8.16. The van der Waals surface area contributed by atoms with Gasteiger partial charge in [-0.3, -0.25) is 9.69 Å². The van der Waals surface area contributed by atoms with Gasteiger partial charge in [-0.25, -0.2) is 9.78 Å². The van der Waals surface area contributed by atoms with Crippen molar-refractivity contribution in [1.82, 2.24) is 24.7 Å². The van der Waals surface area contributed by atoms with Gasteiger partial charge in [0, 0.05) is 40.3 Å². The van der Waals surface area contributed by atoms with Crippen molar-refractivity contribution in [2.75, 3.05) is 40.3 Å². The number of hydrogen-bond donors (Lipinski definition) is 1. The minimum atomic E-state index is -0.108. The number of carbonyl (C=O) groups excluding carboxylic acids is 1. The molecule has 2 heterocycles. The van der Waals surface area contributed by atoms with Crippen molar-refractivity contribution in [1.29, 1.82) is 0 Å². The highest BCUT2D eigenvalue weighted by atomic mass is 16.2. The number of carbonyl (C=O) groups is 1. The molecule has 2 amide bonds. The minimum absolute atomic E-state index is 0.00101. The molecule has 0 aliphatic carbocycles. The second-order valence-corrected chi connectivity index (χ2v) is 6.34. The fraction of sp³-hybridized carbons (Fsp3) is 0.471. The van der Waals surface area contributed by atoms with Crippen LogP contribution in [0.3, 0.4) is 0 Å². The maximum absolute atomic E-state index is 12.2. The first-order valence-electron chi connectivity index (χ1n) is 8.16. The van der Waals surface area contributed by atoms with Crippen LogP contribution in [-0.4, -0.2) is 71.0 Å². The second-order valence-electron chi connectivity index (χ2n) is 6.34. The van der Waals surface area contributed by atoms with Crippen LogP contribution in [0.1, 0.15) is 18.8 Å². The van der Waals surface area contributed by atoms with Gasteiger partial charge in [0.05, 0.1) is 16.9 Å². The normalized spacial score (nSPS) is 17.0. The lowest BCUT2D eigenvalue weighted by atomic mass is 10.2. The number of rotatable bonds is 2. The Morgan fingerprint density at radius 1 is 1.21 bits per heavy atom. The molecule has 7 heteroatoms. The molecule has 1 N–H and O–H groups in total. The van der Waals surface area contributed by atoms with E-state index in [0.29, 0.717) is 29.8 Å². The zero-order valence-electron chi connectivity index (χ0n) is 14.3. The summed E-state index contributed by atoms with van der Waals surface area (Å²) in [6, 6.07) is 7.40. The van der Waals surface area contributed by atoms with Crippen molar-refractivity contribution in [3.8, 4) is 0 Å². The number of aromatic amines is 1. The topological polar surface area (TPSA) is 72.5 Å². The molecule has 0 saturated carbocycles. The molecular weight excluding hydrogens is 306 g/mol. The summed E-state index contributed by atoms with van der Waals surface area (Å²) < 4.78 is 0. The van der Waals surface area contributed by atoms with Gasteiger partial charge >= 0.3 is 6.03 Å². The summed E-state index contributed by atoms with van der Waals surface area (Å²) >= 11 is 0. The molecule has 128 valence electrons. The van der Waals surface area contributed by atoms with E-state index in [-0.39, 0.29) is 17.6 Å². The highest BCUT2D eigenvalue weighted by Crippen LogP contribution is 2.19. The van der Waals surface area contributed by atoms with E-state index in [0.717, 1.165) is 13.1 Å². The van der Waals surface area contributed by atoms with Crippen LogP contribution in [0, 0.1) is 0 Å². The lowest BCUT2D eigenvalue weighted by Crippen LogP contribution is -2.52. The van der Waals surface area contributed by atoms with Crippen molar-refractivity contribution in [2.45, 2.75) is 13.0 Å². The number of nitrogens with zero attached hydrogens (tertiary/aromatic N) is 4. The molecule has 1 aliphatic heterocycles.